The molecule has 14 heavy (non-hydrogen) atoms. The van der Waals surface area contributed by atoms with Gasteiger partial charge in [0.15, 0.2) is 0 Å². The highest BCUT2D eigenvalue weighted by Gasteiger charge is 2.19. The summed E-state index contributed by atoms with van der Waals surface area (Å²) in [5.74, 6) is 0.855. The highest BCUT2D eigenvalue weighted by atomic mass is 79.9. The van der Waals surface area contributed by atoms with Crippen molar-refractivity contribution in [2.75, 3.05) is 0 Å². The van der Waals surface area contributed by atoms with Crippen LogP contribution in [-0.4, -0.2) is 9.81 Å². The van der Waals surface area contributed by atoms with Crippen molar-refractivity contribution in [3.05, 3.63) is 16.6 Å². The van der Waals surface area contributed by atoms with Gasteiger partial charge >= 0.3 is 0 Å². The van der Waals surface area contributed by atoms with Crippen LogP contribution >= 0.6 is 27.3 Å². The Balaban J connectivity index is 1.90. The van der Waals surface area contributed by atoms with Gasteiger partial charge in [0.05, 0.1) is 5.01 Å². The molecule has 1 aliphatic carbocycles. The SMILES string of the molecule is BrC1CCCCC(Cc2nccs2)C1. The van der Waals surface area contributed by atoms with Crippen LogP contribution in [0, 0.1) is 5.92 Å². The van der Waals surface area contributed by atoms with Gasteiger partial charge in [-0.25, -0.2) is 4.98 Å². The van der Waals surface area contributed by atoms with E-state index in [2.05, 4.69) is 26.3 Å². The normalized spacial score (nSPS) is 28.6. The van der Waals surface area contributed by atoms with E-state index in [1.165, 1.54) is 43.5 Å². The van der Waals surface area contributed by atoms with E-state index < -0.39 is 0 Å². The van der Waals surface area contributed by atoms with Gasteiger partial charge < -0.3 is 0 Å². The third-order valence-corrected chi connectivity index (χ3v) is 4.55. The fourth-order valence-electron chi connectivity index (χ4n) is 2.18. The zero-order valence-corrected chi connectivity index (χ0v) is 10.7. The quantitative estimate of drug-likeness (QED) is 0.586. The van der Waals surface area contributed by atoms with Crippen molar-refractivity contribution < 1.29 is 0 Å². The Bertz CT molecular complexity index is 260. The largest absolute Gasteiger partial charge is 0.250 e. The monoisotopic (exact) mass is 273 g/mol. The van der Waals surface area contributed by atoms with Crippen molar-refractivity contribution in [1.82, 2.24) is 4.98 Å². The van der Waals surface area contributed by atoms with Crippen LogP contribution in [0.5, 0.6) is 0 Å². The molecule has 1 nitrogen and oxygen atoms in total. The van der Waals surface area contributed by atoms with Crippen LogP contribution in [0.3, 0.4) is 0 Å². The Morgan fingerprint density at radius 3 is 3.07 bits per heavy atom. The van der Waals surface area contributed by atoms with Gasteiger partial charge in [-0.05, 0) is 18.8 Å². The average molecular weight is 274 g/mol. The molecule has 1 aromatic heterocycles. The van der Waals surface area contributed by atoms with E-state index in [-0.39, 0.29) is 0 Å². The highest BCUT2D eigenvalue weighted by Crippen LogP contribution is 2.30. The minimum Gasteiger partial charge on any atom is -0.250 e. The first kappa shape index (κ1) is 10.6. The molecule has 2 rings (SSSR count). The topological polar surface area (TPSA) is 12.9 Å². The summed E-state index contributed by atoms with van der Waals surface area (Å²) in [4.78, 5) is 5.11. The van der Waals surface area contributed by atoms with Crippen LogP contribution in [0.25, 0.3) is 0 Å². The Kier molecular flexibility index (Phi) is 3.99. The molecule has 0 saturated heterocycles. The van der Waals surface area contributed by atoms with Crippen LogP contribution in [0.4, 0.5) is 0 Å². The van der Waals surface area contributed by atoms with Gasteiger partial charge in [0.1, 0.15) is 0 Å². The van der Waals surface area contributed by atoms with Crippen LogP contribution < -0.4 is 0 Å². The molecule has 0 bridgehead atoms. The van der Waals surface area contributed by atoms with Gasteiger partial charge in [0, 0.05) is 22.8 Å². The molecule has 78 valence electrons. The molecule has 1 saturated carbocycles. The van der Waals surface area contributed by atoms with Crippen molar-refractivity contribution in [1.29, 1.82) is 0 Å². The van der Waals surface area contributed by atoms with Gasteiger partial charge in [-0.2, -0.15) is 0 Å². The van der Waals surface area contributed by atoms with Crippen molar-refractivity contribution in [3.8, 4) is 0 Å². The van der Waals surface area contributed by atoms with Crippen LogP contribution in [0.2, 0.25) is 0 Å². The van der Waals surface area contributed by atoms with Crippen molar-refractivity contribution in [3.63, 3.8) is 0 Å². The van der Waals surface area contributed by atoms with Gasteiger partial charge in [0.25, 0.3) is 0 Å². The standard InChI is InChI=1S/C11H16BrNS/c12-10-4-2-1-3-9(7-10)8-11-13-5-6-14-11/h5-6,9-10H,1-4,7-8H2. The third-order valence-electron chi connectivity index (χ3n) is 2.92. The lowest BCUT2D eigenvalue weighted by Gasteiger charge is -2.14. The van der Waals surface area contributed by atoms with Crippen LogP contribution in [0.1, 0.15) is 37.1 Å². The summed E-state index contributed by atoms with van der Waals surface area (Å²) in [6.07, 6.45) is 9.99. The third kappa shape index (κ3) is 3.06. The van der Waals surface area contributed by atoms with E-state index in [0.29, 0.717) is 0 Å². The van der Waals surface area contributed by atoms with Crippen molar-refractivity contribution >= 4 is 27.3 Å². The summed E-state index contributed by atoms with van der Waals surface area (Å²) < 4.78 is 0. The Hall–Kier alpha value is 0.110. The first-order chi connectivity index (χ1) is 6.84. The predicted octanol–water partition coefficient (Wildman–Crippen LogP) is 4.03. The smallest absolute Gasteiger partial charge is 0.0927 e. The van der Waals surface area contributed by atoms with E-state index in [1.807, 2.05) is 6.20 Å². The molecule has 0 aromatic carbocycles. The molecule has 2 atom stereocenters. The van der Waals surface area contributed by atoms with E-state index in [9.17, 15) is 0 Å². The molecular weight excluding hydrogens is 258 g/mol. The summed E-state index contributed by atoms with van der Waals surface area (Å²) in [5, 5.41) is 3.40. The molecule has 0 radical (unpaired) electrons. The number of alkyl halides is 1. The summed E-state index contributed by atoms with van der Waals surface area (Å²) in [5.41, 5.74) is 0. The van der Waals surface area contributed by atoms with Crippen LogP contribution in [0.15, 0.2) is 11.6 Å². The summed E-state index contributed by atoms with van der Waals surface area (Å²) in [6, 6.07) is 0. The fraction of sp³-hybridized carbons (Fsp3) is 0.727. The molecule has 1 aliphatic rings. The minimum atomic E-state index is 0.745. The van der Waals surface area contributed by atoms with E-state index in [4.69, 9.17) is 0 Å². The summed E-state index contributed by atoms with van der Waals surface area (Å²) in [7, 11) is 0. The molecule has 1 fully saturated rings. The minimum absolute atomic E-state index is 0.745. The lowest BCUT2D eigenvalue weighted by Crippen LogP contribution is -2.08. The summed E-state index contributed by atoms with van der Waals surface area (Å²) >= 11 is 5.56. The van der Waals surface area contributed by atoms with Gasteiger partial charge in [0.2, 0.25) is 0 Å². The Morgan fingerprint density at radius 2 is 2.29 bits per heavy atom. The first-order valence-corrected chi connectivity index (χ1v) is 7.16. The molecule has 3 heteroatoms. The highest BCUT2D eigenvalue weighted by molar-refractivity contribution is 9.09. The molecule has 1 aromatic rings. The maximum Gasteiger partial charge on any atom is 0.0927 e. The molecule has 0 N–H and O–H groups in total. The molecule has 0 spiro atoms. The number of halogens is 1. The van der Waals surface area contributed by atoms with Gasteiger partial charge in [-0.15, -0.1) is 11.3 Å². The molecular formula is C11H16BrNS. The Morgan fingerprint density at radius 1 is 1.43 bits per heavy atom. The van der Waals surface area contributed by atoms with Gasteiger partial charge in [-0.3, -0.25) is 0 Å². The molecule has 2 unspecified atom stereocenters. The van der Waals surface area contributed by atoms with E-state index in [0.717, 1.165) is 10.7 Å². The lowest BCUT2D eigenvalue weighted by molar-refractivity contribution is 0.463. The number of hydrogen-bond donors (Lipinski definition) is 0. The van der Waals surface area contributed by atoms with Gasteiger partial charge in [-0.1, -0.05) is 35.2 Å². The average Bonchev–Trinajstić information content (AvgIpc) is 2.56. The summed E-state index contributed by atoms with van der Waals surface area (Å²) in [6.45, 7) is 0. The number of aromatic nitrogens is 1. The van der Waals surface area contributed by atoms with Crippen molar-refractivity contribution in [2.45, 2.75) is 43.4 Å². The second-order valence-electron chi connectivity index (χ2n) is 4.11. The number of thiazole rings is 1. The number of rotatable bonds is 2. The van der Waals surface area contributed by atoms with E-state index in [1.54, 1.807) is 11.3 Å². The van der Waals surface area contributed by atoms with E-state index >= 15 is 0 Å². The van der Waals surface area contributed by atoms with Crippen LogP contribution in [-0.2, 0) is 6.42 Å². The van der Waals surface area contributed by atoms with Crippen molar-refractivity contribution in [2.24, 2.45) is 5.92 Å². The maximum absolute atomic E-state index is 4.37. The maximum atomic E-state index is 4.37. The zero-order valence-electron chi connectivity index (χ0n) is 8.29. The molecule has 1 heterocycles. The number of hydrogen-bond acceptors (Lipinski definition) is 2. The Labute approximate surface area is 98.1 Å². The lowest BCUT2D eigenvalue weighted by atomic mass is 9.97. The molecule has 0 aliphatic heterocycles. The second-order valence-corrected chi connectivity index (χ2v) is 6.39. The second kappa shape index (κ2) is 5.26. The molecule has 0 amide bonds. The zero-order chi connectivity index (χ0) is 9.80. The number of nitrogens with zero attached hydrogens (tertiary/aromatic N) is 1. The first-order valence-electron chi connectivity index (χ1n) is 5.37. The fourth-order valence-corrected chi connectivity index (χ4v) is 3.77. The predicted molar refractivity (Wildman–Crippen MR) is 65.1 cm³/mol.